The summed E-state index contributed by atoms with van der Waals surface area (Å²) >= 11 is 0. The van der Waals surface area contributed by atoms with E-state index < -0.39 is 0 Å². The lowest BCUT2D eigenvalue weighted by Crippen LogP contribution is -2.01. The quantitative estimate of drug-likeness (QED) is 0.670. The Balaban J connectivity index is 1.86. The maximum atomic E-state index is 13.3. The lowest BCUT2D eigenvalue weighted by Gasteiger charge is -2.05. The van der Waals surface area contributed by atoms with Crippen molar-refractivity contribution in [2.24, 2.45) is 0 Å². The van der Waals surface area contributed by atoms with Crippen LogP contribution in [-0.2, 0) is 13.0 Å². The number of halogens is 1. The number of fused-ring (bicyclic) bond motifs is 1. The smallest absolute Gasteiger partial charge is 0.123 e. The van der Waals surface area contributed by atoms with Crippen LogP contribution >= 0.6 is 0 Å². The van der Waals surface area contributed by atoms with Gasteiger partial charge in [0, 0.05) is 5.39 Å². The maximum Gasteiger partial charge on any atom is 0.123 e. The molecule has 0 saturated heterocycles. The average Bonchev–Trinajstić information content (AvgIpc) is 2.87. The van der Waals surface area contributed by atoms with Crippen LogP contribution in [0.15, 0.2) is 48.7 Å². The molecule has 0 spiro atoms. The minimum atomic E-state index is -0.203. The van der Waals surface area contributed by atoms with E-state index in [1.165, 1.54) is 24.5 Å². The van der Waals surface area contributed by atoms with E-state index >= 15 is 0 Å². The fourth-order valence-corrected chi connectivity index (χ4v) is 2.61. The third-order valence-electron chi connectivity index (χ3n) is 3.75. The average molecular weight is 282 g/mol. The van der Waals surface area contributed by atoms with E-state index in [1.807, 2.05) is 16.9 Å². The molecule has 108 valence electrons. The van der Waals surface area contributed by atoms with E-state index in [4.69, 9.17) is 0 Å². The Labute approximate surface area is 124 Å². The summed E-state index contributed by atoms with van der Waals surface area (Å²) in [6.07, 6.45) is 5.42. The Hall–Kier alpha value is -2.16. The molecule has 0 N–H and O–H groups in total. The molecular weight excluding hydrogens is 263 g/mol. The first-order valence-electron chi connectivity index (χ1n) is 7.45. The molecule has 1 heterocycles. The van der Waals surface area contributed by atoms with E-state index in [0.29, 0.717) is 6.54 Å². The van der Waals surface area contributed by atoms with Gasteiger partial charge in [-0.2, -0.15) is 5.10 Å². The highest BCUT2D eigenvalue weighted by Crippen LogP contribution is 2.18. The predicted octanol–water partition coefficient (Wildman–Crippen LogP) is 4.57. The number of nitrogens with zero attached hydrogens (tertiary/aromatic N) is 2. The SMILES string of the molecule is CCCCc1ccc2c(cnn2Cc2cccc(F)c2)c1. The first kappa shape index (κ1) is 13.8. The molecule has 0 amide bonds. The van der Waals surface area contributed by atoms with Crippen molar-refractivity contribution in [1.82, 2.24) is 9.78 Å². The van der Waals surface area contributed by atoms with Crippen LogP contribution in [0.2, 0.25) is 0 Å². The van der Waals surface area contributed by atoms with E-state index in [-0.39, 0.29) is 5.82 Å². The van der Waals surface area contributed by atoms with Gasteiger partial charge in [-0.3, -0.25) is 4.68 Å². The Morgan fingerprint density at radius 3 is 2.81 bits per heavy atom. The van der Waals surface area contributed by atoms with Gasteiger partial charge in [0.25, 0.3) is 0 Å². The normalized spacial score (nSPS) is 11.1. The van der Waals surface area contributed by atoms with Gasteiger partial charge in [-0.25, -0.2) is 4.39 Å². The monoisotopic (exact) mass is 282 g/mol. The molecule has 0 aliphatic rings. The zero-order valence-electron chi connectivity index (χ0n) is 12.2. The molecule has 21 heavy (non-hydrogen) atoms. The van der Waals surface area contributed by atoms with Crippen LogP contribution in [0.4, 0.5) is 4.39 Å². The van der Waals surface area contributed by atoms with E-state index in [1.54, 1.807) is 12.1 Å². The van der Waals surface area contributed by atoms with Gasteiger partial charge in [-0.15, -0.1) is 0 Å². The van der Waals surface area contributed by atoms with E-state index in [2.05, 4.69) is 30.2 Å². The van der Waals surface area contributed by atoms with Crippen molar-refractivity contribution in [3.05, 3.63) is 65.6 Å². The summed E-state index contributed by atoms with van der Waals surface area (Å²) in [7, 11) is 0. The lowest BCUT2D eigenvalue weighted by molar-refractivity contribution is 0.621. The zero-order valence-corrected chi connectivity index (χ0v) is 12.2. The Morgan fingerprint density at radius 1 is 1.10 bits per heavy atom. The van der Waals surface area contributed by atoms with Crippen molar-refractivity contribution in [3.63, 3.8) is 0 Å². The highest BCUT2D eigenvalue weighted by atomic mass is 19.1. The van der Waals surface area contributed by atoms with Crippen molar-refractivity contribution in [3.8, 4) is 0 Å². The molecule has 0 aliphatic heterocycles. The number of unbranched alkanes of at least 4 members (excludes halogenated alkanes) is 1. The van der Waals surface area contributed by atoms with Gasteiger partial charge < -0.3 is 0 Å². The summed E-state index contributed by atoms with van der Waals surface area (Å²) in [5.41, 5.74) is 3.38. The molecule has 0 unspecified atom stereocenters. The van der Waals surface area contributed by atoms with Crippen LogP contribution in [0.1, 0.15) is 30.9 Å². The van der Waals surface area contributed by atoms with Crippen molar-refractivity contribution < 1.29 is 4.39 Å². The number of hydrogen-bond acceptors (Lipinski definition) is 1. The summed E-state index contributed by atoms with van der Waals surface area (Å²) in [6, 6.07) is 13.2. The number of hydrogen-bond donors (Lipinski definition) is 0. The highest BCUT2D eigenvalue weighted by molar-refractivity contribution is 5.79. The van der Waals surface area contributed by atoms with Crippen molar-refractivity contribution in [2.45, 2.75) is 32.7 Å². The molecule has 3 rings (SSSR count). The molecule has 0 fully saturated rings. The van der Waals surface area contributed by atoms with Gasteiger partial charge in [-0.05, 0) is 48.2 Å². The second-order valence-electron chi connectivity index (χ2n) is 5.43. The molecule has 3 aromatic rings. The van der Waals surface area contributed by atoms with Crippen LogP contribution in [-0.4, -0.2) is 9.78 Å². The molecule has 0 aliphatic carbocycles. The Morgan fingerprint density at radius 2 is 2.00 bits per heavy atom. The molecular formula is C18H19FN2. The van der Waals surface area contributed by atoms with Gasteiger partial charge >= 0.3 is 0 Å². The number of aromatic nitrogens is 2. The van der Waals surface area contributed by atoms with Crippen LogP contribution in [0.25, 0.3) is 10.9 Å². The summed E-state index contributed by atoms with van der Waals surface area (Å²) in [5.74, 6) is -0.203. The summed E-state index contributed by atoms with van der Waals surface area (Å²) < 4.78 is 15.2. The molecule has 2 nitrogen and oxygen atoms in total. The predicted molar refractivity (Wildman–Crippen MR) is 83.8 cm³/mol. The zero-order chi connectivity index (χ0) is 14.7. The minimum absolute atomic E-state index is 0.203. The van der Waals surface area contributed by atoms with Gasteiger partial charge in [0.05, 0.1) is 18.3 Å². The fraction of sp³-hybridized carbons (Fsp3) is 0.278. The van der Waals surface area contributed by atoms with Gasteiger partial charge in [0.15, 0.2) is 0 Å². The second-order valence-corrected chi connectivity index (χ2v) is 5.43. The molecule has 0 bridgehead atoms. The molecule has 3 heteroatoms. The van der Waals surface area contributed by atoms with Crippen molar-refractivity contribution >= 4 is 10.9 Å². The third kappa shape index (κ3) is 3.13. The number of aryl methyl sites for hydroxylation is 1. The molecule has 1 aromatic heterocycles. The second kappa shape index (κ2) is 6.08. The van der Waals surface area contributed by atoms with Crippen molar-refractivity contribution in [2.75, 3.05) is 0 Å². The van der Waals surface area contributed by atoms with Gasteiger partial charge in [0.2, 0.25) is 0 Å². The molecule has 2 aromatic carbocycles. The molecule has 0 atom stereocenters. The largest absolute Gasteiger partial charge is 0.260 e. The van der Waals surface area contributed by atoms with Gasteiger partial charge in [-0.1, -0.05) is 31.5 Å². The van der Waals surface area contributed by atoms with Crippen LogP contribution < -0.4 is 0 Å². The first-order valence-corrected chi connectivity index (χ1v) is 7.45. The molecule has 0 saturated carbocycles. The van der Waals surface area contributed by atoms with Gasteiger partial charge in [0.1, 0.15) is 5.82 Å². The van der Waals surface area contributed by atoms with E-state index in [0.717, 1.165) is 22.9 Å². The number of benzene rings is 2. The topological polar surface area (TPSA) is 17.8 Å². The highest BCUT2D eigenvalue weighted by Gasteiger charge is 2.05. The maximum absolute atomic E-state index is 13.3. The van der Waals surface area contributed by atoms with Crippen LogP contribution in [0.5, 0.6) is 0 Å². The minimum Gasteiger partial charge on any atom is -0.260 e. The van der Waals surface area contributed by atoms with Crippen molar-refractivity contribution in [1.29, 1.82) is 0 Å². The first-order chi connectivity index (χ1) is 10.3. The molecule has 0 radical (unpaired) electrons. The summed E-state index contributed by atoms with van der Waals surface area (Å²) in [6.45, 7) is 2.80. The lowest BCUT2D eigenvalue weighted by atomic mass is 10.1. The third-order valence-corrected chi connectivity index (χ3v) is 3.75. The van der Waals surface area contributed by atoms with E-state index in [9.17, 15) is 4.39 Å². The Bertz CT molecular complexity index is 746. The summed E-state index contributed by atoms with van der Waals surface area (Å²) in [4.78, 5) is 0. The van der Waals surface area contributed by atoms with Crippen LogP contribution in [0.3, 0.4) is 0 Å². The fourth-order valence-electron chi connectivity index (χ4n) is 2.61. The van der Waals surface area contributed by atoms with Crippen LogP contribution in [0, 0.1) is 5.82 Å². The Kier molecular flexibility index (Phi) is 4.00. The number of rotatable bonds is 5. The standard InChI is InChI=1S/C18H19FN2/c1-2-3-5-14-8-9-18-16(10-14)12-20-21(18)13-15-6-4-7-17(19)11-15/h4,6-12H,2-3,5,13H2,1H3. The summed E-state index contributed by atoms with van der Waals surface area (Å²) in [5, 5.41) is 5.59.